The molecule has 3 aliphatic rings. The van der Waals surface area contributed by atoms with Gasteiger partial charge in [0.2, 0.25) is 0 Å². The number of carbonyl (C=O) groups excluding carboxylic acids is 9. The van der Waals surface area contributed by atoms with Gasteiger partial charge in [-0.05, 0) is 72.8 Å². The van der Waals surface area contributed by atoms with Crippen LogP contribution in [0, 0.1) is 0 Å². The highest BCUT2D eigenvalue weighted by atomic mass is 35.5. The Morgan fingerprint density at radius 2 is 0.674 bits per heavy atom. The molecule has 0 spiro atoms. The van der Waals surface area contributed by atoms with Crippen LogP contribution >= 0.6 is 11.6 Å². The summed E-state index contributed by atoms with van der Waals surface area (Å²) >= 11 is 6.08. The summed E-state index contributed by atoms with van der Waals surface area (Å²) in [6.07, 6.45) is -26.2. The van der Waals surface area contributed by atoms with Crippen LogP contribution in [0.3, 0.4) is 0 Å². The molecule has 0 bridgehead atoms. The van der Waals surface area contributed by atoms with E-state index < -0.39 is 172 Å². The zero-order valence-electron chi connectivity index (χ0n) is 50.9. The molecule has 0 saturated carbocycles. The van der Waals surface area contributed by atoms with Gasteiger partial charge in [-0.3, -0.25) is 14.4 Å². The molecule has 26 heteroatoms. The maximum Gasteiger partial charge on any atom is 0.338 e. The van der Waals surface area contributed by atoms with Gasteiger partial charge in [0.25, 0.3) is 0 Å². The predicted octanol–water partition coefficient (Wildman–Crippen LogP) is 6.76. The minimum Gasteiger partial charge on any atom is -0.459 e. The Morgan fingerprint density at radius 1 is 0.379 bits per heavy atom. The molecule has 95 heavy (non-hydrogen) atoms. The molecule has 3 heterocycles. The summed E-state index contributed by atoms with van der Waals surface area (Å²) in [7, 11) is 0. The molecule has 0 aromatic heterocycles. The number of aliphatic hydroxyl groups is 1. The second-order valence-corrected chi connectivity index (χ2v) is 21.6. The highest BCUT2D eigenvalue weighted by Gasteiger charge is 2.58. The van der Waals surface area contributed by atoms with Crippen LogP contribution < -0.4 is 0 Å². The van der Waals surface area contributed by atoms with Crippen molar-refractivity contribution in [2.75, 3.05) is 32.3 Å². The molecular weight excluding hydrogens is 1260 g/mol. The fourth-order valence-corrected chi connectivity index (χ4v) is 10.3. The summed E-state index contributed by atoms with van der Waals surface area (Å²) in [6, 6.07) is 45.6. The predicted molar refractivity (Wildman–Crippen MR) is 327 cm³/mol. The van der Waals surface area contributed by atoms with E-state index in [1.165, 1.54) is 103 Å². The Morgan fingerprint density at radius 3 is 1.03 bits per heavy atom. The Hall–Kier alpha value is -9.70. The van der Waals surface area contributed by atoms with Gasteiger partial charge in [0.1, 0.15) is 36.9 Å². The second kappa shape index (κ2) is 33.9. The normalized spacial score (nSPS) is 25.4. The van der Waals surface area contributed by atoms with Crippen LogP contribution in [-0.2, 0) is 85.4 Å². The summed E-state index contributed by atoms with van der Waals surface area (Å²) in [6.45, 7) is 3.00. The molecule has 3 saturated heterocycles. The Balaban J connectivity index is 1.13. The number of ether oxygens (including phenoxy) is 15. The maximum atomic E-state index is 14.5. The summed E-state index contributed by atoms with van der Waals surface area (Å²) in [4.78, 5) is 124. The molecule has 6 aromatic rings. The van der Waals surface area contributed by atoms with Crippen LogP contribution in [-0.4, -0.2) is 183 Å². The number of benzene rings is 6. The first-order valence-corrected chi connectivity index (χ1v) is 30.3. The van der Waals surface area contributed by atoms with Crippen LogP contribution in [0.5, 0.6) is 0 Å². The summed E-state index contributed by atoms with van der Waals surface area (Å²) in [5.74, 6) is -9.83. The summed E-state index contributed by atoms with van der Waals surface area (Å²) in [5, 5.41) is 12.2. The first kappa shape index (κ1) is 69.6. The maximum absolute atomic E-state index is 14.5. The third kappa shape index (κ3) is 18.6. The van der Waals surface area contributed by atoms with Gasteiger partial charge in [-0.15, -0.1) is 18.2 Å². The quantitative estimate of drug-likeness (QED) is 0.0254. The molecule has 0 aliphatic carbocycles. The van der Waals surface area contributed by atoms with Crippen molar-refractivity contribution < 1.29 is 119 Å². The highest BCUT2D eigenvalue weighted by molar-refractivity contribution is 6.26. The van der Waals surface area contributed by atoms with Gasteiger partial charge < -0.3 is 76.2 Å². The zero-order chi connectivity index (χ0) is 67.4. The van der Waals surface area contributed by atoms with Crippen LogP contribution in [0.1, 0.15) is 76.0 Å². The molecule has 3 fully saturated rings. The molecular formula is C69H65ClO25. The Bertz CT molecular complexity index is 3570. The van der Waals surface area contributed by atoms with E-state index in [0.717, 1.165) is 13.8 Å². The fraction of sp³-hybridized carbons (Fsp3) is 0.319. The third-order valence-corrected chi connectivity index (χ3v) is 14.9. The number of carbonyl (C=O) groups is 9. The highest BCUT2D eigenvalue weighted by Crippen LogP contribution is 2.36. The van der Waals surface area contributed by atoms with Gasteiger partial charge in [-0.1, -0.05) is 115 Å². The van der Waals surface area contributed by atoms with E-state index in [2.05, 4.69) is 6.58 Å². The van der Waals surface area contributed by atoms with Crippen molar-refractivity contribution in [1.82, 2.24) is 0 Å². The summed E-state index contributed by atoms with van der Waals surface area (Å²) in [5.41, 5.74) is 0.0527. The van der Waals surface area contributed by atoms with Crippen molar-refractivity contribution in [3.05, 3.63) is 228 Å². The van der Waals surface area contributed by atoms with Gasteiger partial charge in [0, 0.05) is 13.8 Å². The van der Waals surface area contributed by atoms with Gasteiger partial charge in [0.05, 0.1) is 53.2 Å². The van der Waals surface area contributed by atoms with E-state index >= 15 is 0 Å². The lowest BCUT2D eigenvalue weighted by Gasteiger charge is -2.47. The van der Waals surface area contributed by atoms with Crippen LogP contribution in [0.15, 0.2) is 195 Å². The molecule has 0 radical (unpaired) electrons. The van der Waals surface area contributed by atoms with Crippen molar-refractivity contribution >= 4 is 65.3 Å². The number of hydrogen-bond donors (Lipinski definition) is 1. The fourth-order valence-electron chi connectivity index (χ4n) is 10.3. The SMILES string of the molecule is C=CCO[C@H]1O[C@H](CO[C@H]2O[C@H](CO[C@H]3O[C@H](COC(=O)c4ccccc4)[C@@H](OC(=O)c4ccccc4)[C@H](OC(=O)c4ccccc4)[C@@H]3OC(C)=O)[C@@H](OC(=O)c3ccccc3)[C@H](OC(=O)c3ccccc3)[C@@H]2OC(=O)CCl)[C@@H](O)[C@H](OC(=O)c2ccccc2)[C@@H]1OC(C)=O. The first-order valence-electron chi connectivity index (χ1n) is 29.7. The molecule has 1 N–H and O–H groups in total. The molecule has 6 aromatic carbocycles. The number of halogens is 1. The molecule has 25 nitrogen and oxygen atoms in total. The minimum absolute atomic E-state index is 0.0117. The monoisotopic (exact) mass is 1330 g/mol. The lowest BCUT2D eigenvalue weighted by Crippen LogP contribution is -2.65. The van der Waals surface area contributed by atoms with E-state index in [4.69, 9.17) is 82.7 Å². The average Bonchev–Trinajstić information content (AvgIpc) is 0.801. The van der Waals surface area contributed by atoms with Crippen molar-refractivity contribution in [2.24, 2.45) is 0 Å². The molecule has 0 unspecified atom stereocenters. The minimum atomic E-state index is -2.03. The molecule has 15 atom stereocenters. The van der Waals surface area contributed by atoms with Crippen LogP contribution in [0.2, 0.25) is 0 Å². The topological polar surface area (TPSA) is 312 Å². The second-order valence-electron chi connectivity index (χ2n) is 21.3. The van der Waals surface area contributed by atoms with Crippen molar-refractivity contribution in [1.29, 1.82) is 0 Å². The van der Waals surface area contributed by atoms with E-state index in [1.807, 2.05) is 0 Å². The third-order valence-electron chi connectivity index (χ3n) is 14.7. The summed E-state index contributed by atoms with van der Waals surface area (Å²) < 4.78 is 91.8. The first-order chi connectivity index (χ1) is 46.0. The molecule has 9 rings (SSSR count). The van der Waals surface area contributed by atoms with Crippen LogP contribution in [0.4, 0.5) is 0 Å². The van der Waals surface area contributed by atoms with Gasteiger partial charge >= 0.3 is 53.7 Å². The Labute approximate surface area is 548 Å². The Kier molecular flexibility index (Phi) is 24.9. The number of alkyl halides is 1. The molecule has 498 valence electrons. The number of esters is 9. The van der Waals surface area contributed by atoms with Crippen molar-refractivity contribution in [3.8, 4) is 0 Å². The average molecular weight is 1330 g/mol. The van der Waals surface area contributed by atoms with Gasteiger partial charge in [0.15, 0.2) is 67.7 Å². The lowest BCUT2D eigenvalue weighted by atomic mass is 9.96. The van der Waals surface area contributed by atoms with Gasteiger partial charge in [-0.25, -0.2) is 28.8 Å². The van der Waals surface area contributed by atoms with Crippen LogP contribution in [0.25, 0.3) is 0 Å². The van der Waals surface area contributed by atoms with Crippen molar-refractivity contribution in [2.45, 2.75) is 106 Å². The smallest absolute Gasteiger partial charge is 0.338 e. The largest absolute Gasteiger partial charge is 0.459 e. The molecule has 3 aliphatic heterocycles. The van der Waals surface area contributed by atoms with Gasteiger partial charge in [-0.2, -0.15) is 0 Å². The van der Waals surface area contributed by atoms with Crippen molar-refractivity contribution in [3.63, 3.8) is 0 Å². The van der Waals surface area contributed by atoms with E-state index in [0.29, 0.717) is 0 Å². The molecule has 0 amide bonds. The number of hydrogen-bond acceptors (Lipinski definition) is 25. The van der Waals surface area contributed by atoms with E-state index in [9.17, 15) is 48.3 Å². The lowest BCUT2D eigenvalue weighted by molar-refractivity contribution is -0.341. The van der Waals surface area contributed by atoms with E-state index in [-0.39, 0.29) is 40.0 Å². The number of rotatable bonds is 26. The number of aliphatic hydroxyl groups excluding tert-OH is 1. The zero-order valence-corrected chi connectivity index (χ0v) is 51.7. The van der Waals surface area contributed by atoms with E-state index in [1.54, 1.807) is 84.9 Å². The standard InChI is InChI=1S/C69H65ClO25/c1-4-35-81-67-58(85-40(2)71)55(93-64(78)45-29-17-8-18-30-45)52(74)48(87-67)37-83-69-60(90-51(73)36-70)57(95-66(80)47-33-21-10-22-34-47)54(92-63(77)44-27-15-7-16-28-44)50(89-69)39-84-68-59(86-41(3)72)56(94-65(79)46-31-19-9-20-32-46)53(91-62(76)43-25-13-6-14-26-43)49(88-68)38-82-61(75)42-23-11-5-12-24-42/h4-34,48-50,52-60,67-69,74H,1,35-39H2,2-3H3/t48-,49-,50-,52-,53-,54-,55+,56+,57+,58+,59+,60+,67+,68+,69+/m1/s1.